The van der Waals surface area contributed by atoms with Crippen LogP contribution in [0, 0.1) is 0 Å². The first kappa shape index (κ1) is 20.2. The molecule has 0 aromatic heterocycles. The second-order valence-electron chi connectivity index (χ2n) is 6.07. The standard InChI is InChI=1S/C21H28BrNOS/c1-4-6-13-23(14-7-5-2)19-15-17(22)16-20(25-3)21(19)24-18-11-9-8-10-12-18/h8-12,15-16H,4-7,13-14H2,1-3H3. The van der Waals surface area contributed by atoms with Crippen molar-refractivity contribution < 1.29 is 4.74 Å². The molecule has 2 aromatic rings. The number of halogens is 1. The van der Waals surface area contributed by atoms with Crippen LogP contribution >= 0.6 is 27.7 Å². The molecular weight excluding hydrogens is 394 g/mol. The number of ether oxygens (including phenoxy) is 1. The van der Waals surface area contributed by atoms with Gasteiger partial charge in [-0.3, -0.25) is 0 Å². The van der Waals surface area contributed by atoms with Crippen molar-refractivity contribution in [2.45, 2.75) is 44.4 Å². The maximum absolute atomic E-state index is 6.34. The van der Waals surface area contributed by atoms with Crippen molar-refractivity contribution in [3.05, 3.63) is 46.9 Å². The van der Waals surface area contributed by atoms with E-state index in [0.29, 0.717) is 0 Å². The molecule has 0 unspecified atom stereocenters. The fourth-order valence-corrected chi connectivity index (χ4v) is 3.87. The summed E-state index contributed by atoms with van der Waals surface area (Å²) in [4.78, 5) is 3.64. The van der Waals surface area contributed by atoms with Crippen LogP contribution < -0.4 is 9.64 Å². The van der Waals surface area contributed by atoms with Crippen LogP contribution in [0.15, 0.2) is 51.8 Å². The van der Waals surface area contributed by atoms with Gasteiger partial charge in [0.15, 0.2) is 5.75 Å². The number of hydrogen-bond donors (Lipinski definition) is 0. The SMILES string of the molecule is CCCCN(CCCC)c1cc(Br)cc(SC)c1Oc1ccccc1. The molecule has 0 bridgehead atoms. The molecule has 0 N–H and O–H groups in total. The largest absolute Gasteiger partial charge is 0.454 e. The van der Waals surface area contributed by atoms with E-state index >= 15 is 0 Å². The summed E-state index contributed by atoms with van der Waals surface area (Å²) in [5.74, 6) is 1.85. The lowest BCUT2D eigenvalue weighted by Gasteiger charge is -2.28. The third-order valence-electron chi connectivity index (χ3n) is 4.09. The van der Waals surface area contributed by atoms with Crippen molar-refractivity contribution in [1.29, 1.82) is 0 Å². The molecule has 2 aromatic carbocycles. The number of benzene rings is 2. The topological polar surface area (TPSA) is 12.5 Å². The van der Waals surface area contributed by atoms with Gasteiger partial charge in [0, 0.05) is 17.6 Å². The Bertz CT molecular complexity index is 640. The minimum atomic E-state index is 0.882. The Hall–Kier alpha value is -1.13. The highest BCUT2D eigenvalue weighted by atomic mass is 79.9. The highest BCUT2D eigenvalue weighted by Crippen LogP contribution is 2.42. The normalized spacial score (nSPS) is 10.7. The van der Waals surface area contributed by atoms with E-state index in [1.807, 2.05) is 30.3 Å². The maximum atomic E-state index is 6.34. The predicted octanol–water partition coefficient (Wildman–Crippen LogP) is 7.37. The zero-order chi connectivity index (χ0) is 18.1. The highest BCUT2D eigenvalue weighted by molar-refractivity contribution is 9.10. The molecule has 0 spiro atoms. The number of unbranched alkanes of at least 4 members (excludes halogenated alkanes) is 2. The number of hydrogen-bond acceptors (Lipinski definition) is 3. The summed E-state index contributed by atoms with van der Waals surface area (Å²) in [5, 5.41) is 0. The Morgan fingerprint density at radius 1 is 1.00 bits per heavy atom. The second kappa shape index (κ2) is 10.8. The monoisotopic (exact) mass is 421 g/mol. The first-order valence-corrected chi connectivity index (χ1v) is 11.1. The molecule has 0 saturated heterocycles. The van der Waals surface area contributed by atoms with Gasteiger partial charge in [0.1, 0.15) is 5.75 Å². The van der Waals surface area contributed by atoms with Gasteiger partial charge in [-0.2, -0.15) is 0 Å². The zero-order valence-corrected chi connectivity index (χ0v) is 17.8. The molecule has 0 heterocycles. The van der Waals surface area contributed by atoms with Gasteiger partial charge in [0.2, 0.25) is 0 Å². The summed E-state index contributed by atoms with van der Waals surface area (Å²) in [5.41, 5.74) is 1.18. The second-order valence-corrected chi connectivity index (χ2v) is 7.83. The van der Waals surface area contributed by atoms with E-state index in [1.54, 1.807) is 11.8 Å². The molecule has 136 valence electrons. The summed E-state index contributed by atoms with van der Waals surface area (Å²) in [7, 11) is 0. The fourth-order valence-electron chi connectivity index (χ4n) is 2.70. The number of nitrogens with zero attached hydrogens (tertiary/aromatic N) is 1. The average Bonchev–Trinajstić information content (AvgIpc) is 2.64. The molecule has 0 aliphatic rings. The Balaban J connectivity index is 2.43. The van der Waals surface area contributed by atoms with E-state index in [2.05, 4.69) is 53.1 Å². The van der Waals surface area contributed by atoms with Gasteiger partial charge in [-0.05, 0) is 43.4 Å². The number of rotatable bonds is 10. The van der Waals surface area contributed by atoms with Crippen molar-refractivity contribution in [1.82, 2.24) is 0 Å². The van der Waals surface area contributed by atoms with Crippen LogP contribution in [0.25, 0.3) is 0 Å². The highest BCUT2D eigenvalue weighted by Gasteiger charge is 2.18. The number of para-hydroxylation sites is 1. The van der Waals surface area contributed by atoms with Gasteiger partial charge in [-0.1, -0.05) is 60.8 Å². The van der Waals surface area contributed by atoms with E-state index in [9.17, 15) is 0 Å². The summed E-state index contributed by atoms with van der Waals surface area (Å²) >= 11 is 5.41. The minimum absolute atomic E-state index is 0.882. The van der Waals surface area contributed by atoms with Crippen LogP contribution in [0.3, 0.4) is 0 Å². The lowest BCUT2D eigenvalue weighted by molar-refractivity contribution is 0.468. The van der Waals surface area contributed by atoms with Crippen molar-refractivity contribution in [2.75, 3.05) is 24.2 Å². The van der Waals surface area contributed by atoms with Gasteiger partial charge >= 0.3 is 0 Å². The molecule has 2 rings (SSSR count). The average molecular weight is 422 g/mol. The molecule has 0 saturated carbocycles. The van der Waals surface area contributed by atoms with E-state index in [-0.39, 0.29) is 0 Å². The van der Waals surface area contributed by atoms with Crippen LogP contribution in [0.5, 0.6) is 11.5 Å². The van der Waals surface area contributed by atoms with Crippen molar-refractivity contribution in [3.63, 3.8) is 0 Å². The van der Waals surface area contributed by atoms with E-state index in [1.165, 1.54) is 31.4 Å². The zero-order valence-electron chi connectivity index (χ0n) is 15.4. The number of anilines is 1. The number of thioether (sulfide) groups is 1. The van der Waals surface area contributed by atoms with Gasteiger partial charge in [-0.25, -0.2) is 0 Å². The molecule has 2 nitrogen and oxygen atoms in total. The molecule has 0 atom stereocenters. The third-order valence-corrected chi connectivity index (χ3v) is 5.29. The summed E-state index contributed by atoms with van der Waals surface area (Å²) in [6, 6.07) is 14.4. The Labute approximate surface area is 165 Å². The van der Waals surface area contributed by atoms with E-state index < -0.39 is 0 Å². The summed E-state index contributed by atoms with van der Waals surface area (Å²) in [6.07, 6.45) is 6.87. The van der Waals surface area contributed by atoms with Crippen LogP contribution in [-0.2, 0) is 0 Å². The first-order chi connectivity index (χ1) is 12.2. The van der Waals surface area contributed by atoms with Crippen molar-refractivity contribution in [2.24, 2.45) is 0 Å². The van der Waals surface area contributed by atoms with Crippen LogP contribution in [-0.4, -0.2) is 19.3 Å². The molecular formula is C21H28BrNOS. The Morgan fingerprint density at radius 2 is 1.64 bits per heavy atom. The van der Waals surface area contributed by atoms with Crippen molar-refractivity contribution >= 4 is 33.4 Å². The lowest BCUT2D eigenvalue weighted by Crippen LogP contribution is -2.26. The van der Waals surface area contributed by atoms with Crippen molar-refractivity contribution in [3.8, 4) is 11.5 Å². The maximum Gasteiger partial charge on any atom is 0.164 e. The molecule has 0 aliphatic carbocycles. The molecule has 0 amide bonds. The van der Waals surface area contributed by atoms with E-state index in [0.717, 1.165) is 34.0 Å². The lowest BCUT2D eigenvalue weighted by atomic mass is 10.2. The van der Waals surface area contributed by atoms with Crippen LogP contribution in [0.4, 0.5) is 5.69 Å². The molecule has 0 radical (unpaired) electrons. The summed E-state index contributed by atoms with van der Waals surface area (Å²) < 4.78 is 7.45. The smallest absolute Gasteiger partial charge is 0.164 e. The van der Waals surface area contributed by atoms with Gasteiger partial charge in [-0.15, -0.1) is 11.8 Å². The molecule has 0 fully saturated rings. The van der Waals surface area contributed by atoms with Crippen LogP contribution in [0.2, 0.25) is 0 Å². The first-order valence-electron chi connectivity index (χ1n) is 9.05. The molecule has 4 heteroatoms. The minimum Gasteiger partial charge on any atom is -0.454 e. The Morgan fingerprint density at radius 3 is 2.20 bits per heavy atom. The Kier molecular flexibility index (Phi) is 8.70. The predicted molar refractivity (Wildman–Crippen MR) is 114 cm³/mol. The van der Waals surface area contributed by atoms with Crippen LogP contribution in [0.1, 0.15) is 39.5 Å². The van der Waals surface area contributed by atoms with E-state index in [4.69, 9.17) is 4.74 Å². The molecule has 0 aliphatic heterocycles. The summed E-state index contributed by atoms with van der Waals surface area (Å²) in [6.45, 7) is 6.61. The van der Waals surface area contributed by atoms with Gasteiger partial charge in [0.25, 0.3) is 0 Å². The fraction of sp³-hybridized carbons (Fsp3) is 0.429. The third kappa shape index (κ3) is 5.96. The molecule has 25 heavy (non-hydrogen) atoms. The quantitative estimate of drug-likeness (QED) is 0.371. The van der Waals surface area contributed by atoms with Gasteiger partial charge < -0.3 is 9.64 Å². The van der Waals surface area contributed by atoms with Gasteiger partial charge in [0.05, 0.1) is 10.6 Å².